The van der Waals surface area contributed by atoms with Gasteiger partial charge in [0.25, 0.3) is 0 Å². The van der Waals surface area contributed by atoms with E-state index in [1.54, 1.807) is 29.2 Å². The van der Waals surface area contributed by atoms with Crippen molar-refractivity contribution in [1.29, 1.82) is 0 Å². The molecule has 1 aromatic carbocycles. The van der Waals surface area contributed by atoms with Crippen molar-refractivity contribution < 1.29 is 22.8 Å². The lowest BCUT2D eigenvalue weighted by Crippen LogP contribution is -2.48. The number of carbonyl (C=O) groups excluding carboxylic acids is 2. The van der Waals surface area contributed by atoms with Crippen molar-refractivity contribution in [2.45, 2.75) is 31.6 Å². The third-order valence-electron chi connectivity index (χ3n) is 3.88. The van der Waals surface area contributed by atoms with Gasteiger partial charge >= 0.3 is 6.18 Å². The SMILES string of the molecule is O=C(CN1CCCC1C(=O)NCC(F)(F)F)NCc1ccc(Cl)cc1. The molecule has 0 saturated carbocycles. The van der Waals surface area contributed by atoms with Crippen LogP contribution in [-0.4, -0.2) is 48.6 Å². The number of nitrogens with one attached hydrogen (secondary N) is 2. The van der Waals surface area contributed by atoms with Gasteiger partial charge in [0.15, 0.2) is 0 Å². The van der Waals surface area contributed by atoms with E-state index in [2.05, 4.69) is 5.32 Å². The second kappa shape index (κ2) is 8.53. The maximum atomic E-state index is 12.2. The minimum absolute atomic E-state index is 0.0301. The molecule has 5 nitrogen and oxygen atoms in total. The Balaban J connectivity index is 1.80. The standard InChI is InChI=1S/C16H19ClF3N3O2/c17-12-5-3-11(4-6-12)8-21-14(24)9-23-7-1-2-13(23)15(25)22-10-16(18,19)20/h3-6,13H,1-2,7-10H2,(H,21,24)(H,22,25). The Kier molecular flexibility index (Phi) is 6.66. The smallest absolute Gasteiger partial charge is 0.351 e. The predicted molar refractivity (Wildman–Crippen MR) is 87.0 cm³/mol. The highest BCUT2D eigenvalue weighted by Gasteiger charge is 2.34. The van der Waals surface area contributed by atoms with Crippen molar-refractivity contribution in [1.82, 2.24) is 15.5 Å². The average molecular weight is 378 g/mol. The van der Waals surface area contributed by atoms with Gasteiger partial charge in [0, 0.05) is 11.6 Å². The fraction of sp³-hybridized carbons (Fsp3) is 0.500. The maximum Gasteiger partial charge on any atom is 0.405 e. The van der Waals surface area contributed by atoms with E-state index in [0.717, 1.165) is 5.56 Å². The molecule has 2 rings (SSSR count). The van der Waals surface area contributed by atoms with Gasteiger partial charge in [-0.3, -0.25) is 14.5 Å². The molecule has 1 saturated heterocycles. The molecule has 0 spiro atoms. The van der Waals surface area contributed by atoms with Crippen LogP contribution in [0.1, 0.15) is 18.4 Å². The van der Waals surface area contributed by atoms with Crippen LogP contribution in [0.15, 0.2) is 24.3 Å². The molecule has 9 heteroatoms. The Morgan fingerprint density at radius 3 is 2.52 bits per heavy atom. The van der Waals surface area contributed by atoms with Crippen molar-refractivity contribution in [3.05, 3.63) is 34.9 Å². The Morgan fingerprint density at radius 2 is 1.88 bits per heavy atom. The van der Waals surface area contributed by atoms with Gasteiger partial charge in [0.05, 0.1) is 12.6 Å². The van der Waals surface area contributed by atoms with Crippen LogP contribution in [0, 0.1) is 0 Å². The van der Waals surface area contributed by atoms with Gasteiger partial charge in [-0.05, 0) is 37.1 Å². The second-order valence-electron chi connectivity index (χ2n) is 5.86. The van der Waals surface area contributed by atoms with Crippen LogP contribution >= 0.6 is 11.6 Å². The summed E-state index contributed by atoms with van der Waals surface area (Å²) in [6, 6.07) is 6.29. The molecule has 1 atom stereocenters. The van der Waals surface area contributed by atoms with Crippen LogP contribution in [0.2, 0.25) is 5.02 Å². The molecule has 0 aromatic heterocycles. The van der Waals surface area contributed by atoms with Gasteiger partial charge in [-0.1, -0.05) is 23.7 Å². The minimum Gasteiger partial charge on any atom is -0.351 e. The van der Waals surface area contributed by atoms with Crippen molar-refractivity contribution in [2.75, 3.05) is 19.6 Å². The topological polar surface area (TPSA) is 61.4 Å². The van der Waals surface area contributed by atoms with E-state index in [9.17, 15) is 22.8 Å². The first kappa shape index (κ1) is 19.5. The van der Waals surface area contributed by atoms with Gasteiger partial charge in [0.2, 0.25) is 11.8 Å². The van der Waals surface area contributed by atoms with E-state index in [1.807, 2.05) is 5.32 Å². The van der Waals surface area contributed by atoms with E-state index in [-0.39, 0.29) is 12.5 Å². The minimum atomic E-state index is -4.45. The number of rotatable bonds is 6. The summed E-state index contributed by atoms with van der Waals surface area (Å²) >= 11 is 5.78. The fourth-order valence-corrected chi connectivity index (χ4v) is 2.79. The lowest BCUT2D eigenvalue weighted by molar-refractivity contribution is -0.141. The number of carbonyl (C=O) groups is 2. The number of hydrogen-bond donors (Lipinski definition) is 2. The third-order valence-corrected chi connectivity index (χ3v) is 4.13. The van der Waals surface area contributed by atoms with E-state index in [4.69, 9.17) is 11.6 Å². The molecule has 1 unspecified atom stereocenters. The van der Waals surface area contributed by atoms with Crippen molar-refractivity contribution in [2.24, 2.45) is 0 Å². The first-order valence-corrected chi connectivity index (χ1v) is 8.22. The maximum absolute atomic E-state index is 12.2. The van der Waals surface area contributed by atoms with Crippen molar-refractivity contribution in [3.63, 3.8) is 0 Å². The summed E-state index contributed by atoms with van der Waals surface area (Å²) in [5, 5.41) is 5.20. The van der Waals surface area contributed by atoms with Crippen molar-refractivity contribution >= 4 is 23.4 Å². The quantitative estimate of drug-likeness (QED) is 0.798. The molecular weight excluding hydrogens is 359 g/mol. The summed E-state index contributed by atoms with van der Waals surface area (Å²) in [4.78, 5) is 25.5. The third kappa shape index (κ3) is 6.55. The highest BCUT2D eigenvalue weighted by atomic mass is 35.5. The molecule has 0 bridgehead atoms. The van der Waals surface area contributed by atoms with E-state index in [1.165, 1.54) is 0 Å². The van der Waals surface area contributed by atoms with Crippen LogP contribution in [-0.2, 0) is 16.1 Å². The Hall–Kier alpha value is -1.80. The molecule has 0 aliphatic carbocycles. The van der Waals surface area contributed by atoms with Crippen LogP contribution in [0.4, 0.5) is 13.2 Å². The first-order chi connectivity index (χ1) is 11.7. The van der Waals surface area contributed by atoms with E-state index >= 15 is 0 Å². The molecule has 2 amide bonds. The summed E-state index contributed by atoms with van der Waals surface area (Å²) < 4.78 is 36.6. The van der Waals surface area contributed by atoms with Gasteiger partial charge in [0.1, 0.15) is 6.54 Å². The predicted octanol–water partition coefficient (Wildman–Crippen LogP) is 2.10. The summed E-state index contributed by atoms with van der Waals surface area (Å²) in [6.45, 7) is -0.579. The normalized spacial score (nSPS) is 18.2. The number of hydrogen-bond acceptors (Lipinski definition) is 3. The van der Waals surface area contributed by atoms with Crippen molar-refractivity contribution in [3.8, 4) is 0 Å². The zero-order valence-corrected chi connectivity index (χ0v) is 14.2. The van der Waals surface area contributed by atoms with Crippen LogP contribution < -0.4 is 10.6 Å². The largest absolute Gasteiger partial charge is 0.405 e. The summed E-state index contributed by atoms with van der Waals surface area (Å²) in [6.07, 6.45) is -3.35. The summed E-state index contributed by atoms with van der Waals surface area (Å²) in [5.41, 5.74) is 0.874. The number of amides is 2. The first-order valence-electron chi connectivity index (χ1n) is 7.84. The zero-order valence-electron chi connectivity index (χ0n) is 13.4. The molecule has 0 radical (unpaired) electrons. The lowest BCUT2D eigenvalue weighted by atomic mass is 10.2. The van der Waals surface area contributed by atoms with Gasteiger partial charge in [-0.2, -0.15) is 13.2 Å². The number of nitrogens with zero attached hydrogens (tertiary/aromatic N) is 1. The fourth-order valence-electron chi connectivity index (χ4n) is 2.66. The Labute approximate surface area is 148 Å². The zero-order chi connectivity index (χ0) is 18.4. The van der Waals surface area contributed by atoms with Crippen LogP contribution in [0.3, 0.4) is 0 Å². The van der Waals surface area contributed by atoms with E-state index in [0.29, 0.717) is 31.0 Å². The summed E-state index contributed by atoms with van der Waals surface area (Å²) in [7, 11) is 0. The van der Waals surface area contributed by atoms with Gasteiger partial charge in [-0.25, -0.2) is 0 Å². The molecule has 1 fully saturated rings. The lowest BCUT2D eigenvalue weighted by Gasteiger charge is -2.23. The highest BCUT2D eigenvalue weighted by Crippen LogP contribution is 2.18. The molecule has 1 heterocycles. The molecule has 138 valence electrons. The highest BCUT2D eigenvalue weighted by molar-refractivity contribution is 6.30. The molecule has 1 aromatic rings. The summed E-state index contributed by atoms with van der Waals surface area (Å²) in [5.74, 6) is -0.981. The monoisotopic (exact) mass is 377 g/mol. The van der Waals surface area contributed by atoms with E-state index < -0.39 is 24.7 Å². The number of halogens is 4. The number of benzene rings is 1. The van der Waals surface area contributed by atoms with Gasteiger partial charge in [-0.15, -0.1) is 0 Å². The second-order valence-corrected chi connectivity index (χ2v) is 6.30. The average Bonchev–Trinajstić information content (AvgIpc) is 2.99. The van der Waals surface area contributed by atoms with Gasteiger partial charge < -0.3 is 10.6 Å². The Bertz CT molecular complexity index is 608. The molecule has 2 N–H and O–H groups in total. The Morgan fingerprint density at radius 1 is 1.20 bits per heavy atom. The number of alkyl halides is 3. The molecular formula is C16H19ClF3N3O2. The molecule has 1 aliphatic heterocycles. The molecule has 1 aliphatic rings. The van der Waals surface area contributed by atoms with Crippen LogP contribution in [0.5, 0.6) is 0 Å². The van der Waals surface area contributed by atoms with Crippen LogP contribution in [0.25, 0.3) is 0 Å². The molecule has 25 heavy (non-hydrogen) atoms. The number of likely N-dealkylation sites (tertiary alicyclic amines) is 1.